The fourth-order valence-corrected chi connectivity index (χ4v) is 10.1. The summed E-state index contributed by atoms with van der Waals surface area (Å²) < 4.78 is 16.8. The number of nitrogens with one attached hydrogen (secondary N) is 8. The molecule has 0 saturated carbocycles. The molecule has 9 atom stereocenters. The molecule has 3 aromatic carbocycles. The number of ether oxygens (including phenoxy) is 3. The largest absolute Gasteiger partial charge is 0.489 e. The van der Waals surface area contributed by atoms with E-state index in [2.05, 4.69) is 41.4 Å². The summed E-state index contributed by atoms with van der Waals surface area (Å²) in [6.07, 6.45) is 1.32. The number of imidazole rings is 1. The van der Waals surface area contributed by atoms with Crippen LogP contribution >= 0.6 is 0 Å². The molecule has 12 N–H and O–H groups in total. The van der Waals surface area contributed by atoms with Gasteiger partial charge in [0.2, 0.25) is 35.0 Å². The summed E-state index contributed by atoms with van der Waals surface area (Å²) in [6, 6.07) is 15.1. The minimum Gasteiger partial charge on any atom is -0.489 e. The fourth-order valence-electron chi connectivity index (χ4n) is 10.1. The van der Waals surface area contributed by atoms with E-state index >= 15 is 19.2 Å². The summed E-state index contributed by atoms with van der Waals surface area (Å²) in [5, 5.41) is 31.9. The normalized spacial score (nSPS) is 15.8. The quantitative estimate of drug-likeness (QED) is 0.00601. The van der Waals surface area contributed by atoms with Crippen LogP contribution in [0.25, 0.3) is 0 Å². The van der Waals surface area contributed by atoms with Crippen molar-refractivity contribution in [1.82, 2.24) is 51.8 Å². The third-order valence-electron chi connectivity index (χ3n) is 15.7. The number of nitrogens with two attached hydrogens (primary N) is 2. The minimum absolute atomic E-state index is 0.107. The van der Waals surface area contributed by atoms with Crippen molar-refractivity contribution in [1.29, 1.82) is 5.41 Å². The van der Waals surface area contributed by atoms with E-state index in [0.29, 0.717) is 40.3 Å². The molecule has 0 unspecified atom stereocenters. The lowest BCUT2D eigenvalue weighted by Crippen LogP contribution is -2.68. The third-order valence-corrected chi connectivity index (χ3v) is 15.7. The number of carbonyl (C=O) groups excluding carboxylic acids is 9. The average molecular weight is 1250 g/mol. The summed E-state index contributed by atoms with van der Waals surface area (Å²) in [5.74, 6) is -4.82. The van der Waals surface area contributed by atoms with Gasteiger partial charge in [0, 0.05) is 32.1 Å². The number of hydrogen-bond acceptors (Lipinski definition) is 18. The second-order valence-electron chi connectivity index (χ2n) is 22.3. The maximum absolute atomic E-state index is 15.7. The van der Waals surface area contributed by atoms with Crippen molar-refractivity contribution < 1.29 is 67.2 Å². The Kier molecular flexibility index (Phi) is 27.6. The highest BCUT2D eigenvalue weighted by atomic mass is 16.7. The van der Waals surface area contributed by atoms with Crippen LogP contribution in [0, 0.1) is 33.3 Å². The van der Waals surface area contributed by atoms with Crippen LogP contribution in [0.4, 0.5) is 4.79 Å². The predicted molar refractivity (Wildman–Crippen MR) is 326 cm³/mol. The second kappa shape index (κ2) is 34.9. The molecule has 1 aromatic heterocycles. The van der Waals surface area contributed by atoms with Crippen LogP contribution in [0.15, 0.2) is 97.5 Å². The molecule has 1 aliphatic heterocycles. The lowest BCUT2D eigenvalue weighted by molar-refractivity contribution is -0.553. The topological polar surface area (TPSA) is 417 Å². The van der Waals surface area contributed by atoms with Gasteiger partial charge >= 0.3 is 12.1 Å². The average Bonchev–Trinajstić information content (AvgIpc) is 1.13. The number of esters is 1. The van der Waals surface area contributed by atoms with Crippen LogP contribution in [-0.4, -0.2) is 153 Å². The first-order valence-corrected chi connectivity index (χ1v) is 29.7. The van der Waals surface area contributed by atoms with Crippen LogP contribution in [0.3, 0.4) is 0 Å². The number of Topliss-reactive ketones (excluding diaryl/α,β-unsaturated/α-hetero) is 1. The van der Waals surface area contributed by atoms with Gasteiger partial charge in [-0.15, -0.1) is 5.43 Å². The number of likely N-dealkylation sites (tertiary alicyclic amines) is 1. The number of amides is 7. The number of hydrogen-bond donors (Lipinski definition) is 10. The Morgan fingerprint density at radius 3 is 2.02 bits per heavy atom. The Morgan fingerprint density at radius 1 is 0.822 bits per heavy atom. The van der Waals surface area contributed by atoms with E-state index in [4.69, 9.17) is 31.3 Å². The van der Waals surface area contributed by atoms with Gasteiger partial charge in [-0.1, -0.05) is 127 Å². The van der Waals surface area contributed by atoms with Crippen molar-refractivity contribution in [3.05, 3.63) is 130 Å². The molecular weight excluding hydrogens is 1170 g/mol. The SMILES string of the molecule is CC[C@H](C)[C@H](NC(=O)[C@H](Cc1ccc(OCc2ccccc2)cc1)N(C(=O)OCc1ccccc1)C(=O)[C@@H](NC(=O)[C@](CCCNC(=N)N)(N[N+](=O)[O-])C(=O)CON)C(C)C)C(=O)N[C@@H](Cc1c[nH]cn1)C(=O)N1CCC[C@H]1C(=O)N[C@H](C(=O)OC)[C@@H](C)CC. The number of nitro groups is 1. The van der Waals surface area contributed by atoms with Crippen molar-refractivity contribution in [2.24, 2.45) is 29.4 Å². The molecular formula is C61H84N14O15. The molecule has 1 aliphatic rings. The predicted octanol–water partition coefficient (Wildman–Crippen LogP) is 2.40. The van der Waals surface area contributed by atoms with Crippen LogP contribution in [-0.2, 0) is 78.7 Å². The number of methoxy groups -OCH3 is 1. The van der Waals surface area contributed by atoms with Crippen molar-refractivity contribution in [3.8, 4) is 5.75 Å². The number of ketones is 1. The highest BCUT2D eigenvalue weighted by Crippen LogP contribution is 2.25. The van der Waals surface area contributed by atoms with Gasteiger partial charge in [0.25, 0.3) is 11.8 Å². The second-order valence-corrected chi connectivity index (χ2v) is 22.3. The number of aromatic nitrogens is 2. The van der Waals surface area contributed by atoms with Gasteiger partial charge in [-0.25, -0.2) is 35.5 Å². The van der Waals surface area contributed by atoms with Crippen molar-refractivity contribution in [2.45, 2.75) is 148 Å². The zero-order valence-electron chi connectivity index (χ0n) is 51.7. The lowest BCUT2D eigenvalue weighted by atomic mass is 9.87. The van der Waals surface area contributed by atoms with E-state index < -0.39 is 144 Å². The van der Waals surface area contributed by atoms with E-state index in [0.717, 1.165) is 5.56 Å². The summed E-state index contributed by atoms with van der Waals surface area (Å²) in [5.41, 5.74) is 6.41. The molecule has 0 aliphatic carbocycles. The summed E-state index contributed by atoms with van der Waals surface area (Å²) in [7, 11) is 1.21. The summed E-state index contributed by atoms with van der Waals surface area (Å²) in [4.78, 5) is 158. The van der Waals surface area contributed by atoms with E-state index in [-0.39, 0.29) is 51.3 Å². The Morgan fingerprint density at radius 2 is 1.46 bits per heavy atom. The van der Waals surface area contributed by atoms with Gasteiger partial charge in [-0.05, 0) is 72.3 Å². The maximum atomic E-state index is 15.7. The first kappa shape index (κ1) is 71.2. The maximum Gasteiger partial charge on any atom is 0.417 e. The Hall–Kier alpha value is -9.51. The molecule has 0 bridgehead atoms. The number of benzene rings is 3. The van der Waals surface area contributed by atoms with Crippen molar-refractivity contribution >= 4 is 59.2 Å². The Bertz CT molecular complexity index is 3070. The first-order valence-electron chi connectivity index (χ1n) is 29.7. The number of hydrazine groups is 1. The molecule has 488 valence electrons. The zero-order chi connectivity index (χ0) is 66.1. The van der Waals surface area contributed by atoms with Crippen molar-refractivity contribution in [3.63, 3.8) is 0 Å². The number of aromatic amines is 1. The number of imide groups is 1. The van der Waals surface area contributed by atoms with Gasteiger partial charge in [-0.3, -0.25) is 43.8 Å². The van der Waals surface area contributed by atoms with E-state index in [1.807, 2.05) is 37.3 Å². The number of rotatable bonds is 35. The van der Waals surface area contributed by atoms with Gasteiger partial charge in [0.05, 0.1) is 19.1 Å². The summed E-state index contributed by atoms with van der Waals surface area (Å²) in [6.45, 7) is 8.57. The Balaban J connectivity index is 1.61. The van der Waals surface area contributed by atoms with Crippen molar-refractivity contribution in [2.75, 3.05) is 26.8 Å². The highest BCUT2D eigenvalue weighted by molar-refractivity contribution is 6.12. The first-order chi connectivity index (χ1) is 43.0. The standard InChI is InChI=1S/C61H84N14O15/c1-8-38(5)50(54(79)68-45(31-43-32-65-36-67-43)55(80)73-29-16-22-46(73)52(77)70-51(39(6)9-2)57(82)87-7)69-53(78)47(30-40-23-25-44(26-24-40)88-33-41-18-12-10-13-19-41)74(60(84)89-34-42-20-14-11-15-21-42)56(81)49(37(3)4)71-58(83)61(72-75(85)86,48(76)35-90-64)27-17-28-66-59(62)63/h10-15,18-21,23-26,32,36-39,45-47,49-51,72H,8-9,16-17,22,27-31,33-35,64H2,1-7H3,(H,65,67)(H,68,79)(H,69,78)(H,70,77)(H,71,83)(H4,62,63,66)/t38-,39-,45-,46-,47-,49-,50-,51-,61+/m0/s1. The van der Waals surface area contributed by atoms with Gasteiger partial charge in [0.1, 0.15) is 61.8 Å². The number of carbonyl (C=O) groups is 9. The molecule has 5 rings (SSSR count). The highest BCUT2D eigenvalue weighted by Gasteiger charge is 2.52. The fraction of sp³-hybridized carbons (Fsp3) is 0.492. The molecule has 90 heavy (non-hydrogen) atoms. The molecule has 0 radical (unpaired) electrons. The zero-order valence-corrected chi connectivity index (χ0v) is 51.7. The van der Waals surface area contributed by atoms with E-state index in [1.54, 1.807) is 80.8 Å². The van der Waals surface area contributed by atoms with Crippen LogP contribution in [0.1, 0.15) is 102 Å². The molecule has 29 heteroatoms. The number of guanidine groups is 1. The van der Waals surface area contributed by atoms with Gasteiger partial charge < -0.3 is 56.4 Å². The van der Waals surface area contributed by atoms with Gasteiger partial charge in [0.15, 0.2) is 11.0 Å². The van der Waals surface area contributed by atoms with Crippen LogP contribution < -0.4 is 48.4 Å². The number of H-pyrrole nitrogens is 1. The van der Waals surface area contributed by atoms with Crippen LogP contribution in [0.2, 0.25) is 0 Å². The number of nitrogens with zero attached hydrogens (tertiary/aromatic N) is 4. The lowest BCUT2D eigenvalue weighted by Gasteiger charge is -2.36. The third kappa shape index (κ3) is 20.0. The molecule has 1 saturated heterocycles. The monoisotopic (exact) mass is 1250 g/mol. The molecule has 4 aromatic rings. The van der Waals surface area contributed by atoms with Gasteiger partial charge in [-0.2, -0.15) is 0 Å². The molecule has 7 amide bonds. The molecule has 0 spiro atoms. The van der Waals surface area contributed by atoms with E-state index in [9.17, 15) is 34.1 Å². The smallest absolute Gasteiger partial charge is 0.417 e. The summed E-state index contributed by atoms with van der Waals surface area (Å²) >= 11 is 0. The minimum atomic E-state index is -2.81. The molecule has 29 nitrogen and oxygen atoms in total. The van der Waals surface area contributed by atoms with E-state index in [1.165, 1.54) is 38.4 Å². The Labute approximate surface area is 521 Å². The molecule has 1 fully saturated rings. The van der Waals surface area contributed by atoms with Crippen LogP contribution in [0.5, 0.6) is 5.75 Å². The molecule has 2 heterocycles.